The Kier molecular flexibility index (Phi) is 6.66. The number of amides is 1. The molecule has 7 nitrogen and oxygen atoms in total. The van der Waals surface area contributed by atoms with Gasteiger partial charge in [-0.2, -0.15) is 0 Å². The van der Waals surface area contributed by atoms with E-state index in [0.29, 0.717) is 30.0 Å². The maximum Gasteiger partial charge on any atom is 0.269 e. The number of non-ortho nitro benzene ring substituents is 1. The molecule has 0 atom stereocenters. The molecule has 1 saturated heterocycles. The van der Waals surface area contributed by atoms with Crippen molar-refractivity contribution in [3.05, 3.63) is 73.6 Å². The third kappa shape index (κ3) is 4.89. The van der Waals surface area contributed by atoms with Crippen molar-refractivity contribution in [1.29, 1.82) is 0 Å². The van der Waals surface area contributed by atoms with Gasteiger partial charge < -0.3 is 9.47 Å². The van der Waals surface area contributed by atoms with Crippen molar-refractivity contribution in [3.63, 3.8) is 0 Å². The Morgan fingerprint density at radius 1 is 1.19 bits per heavy atom. The fraction of sp³-hybridized carbons (Fsp3) is 0.273. The molecule has 166 valence electrons. The van der Waals surface area contributed by atoms with Crippen LogP contribution in [-0.4, -0.2) is 33.4 Å². The van der Waals surface area contributed by atoms with E-state index < -0.39 is 10.7 Å². The van der Waals surface area contributed by atoms with Crippen LogP contribution in [0.15, 0.2) is 52.8 Å². The van der Waals surface area contributed by atoms with E-state index in [1.54, 1.807) is 18.2 Å². The Balaban J connectivity index is 1.67. The molecule has 0 unspecified atom stereocenters. The zero-order chi connectivity index (χ0) is 22.7. The molecule has 0 bridgehead atoms. The zero-order valence-corrected chi connectivity index (χ0v) is 18.6. The molecule has 1 fully saturated rings. The summed E-state index contributed by atoms with van der Waals surface area (Å²) in [6.07, 6.45) is 2.22. The molecule has 3 aromatic rings. The number of benzene rings is 2. The number of hydrogen-bond acceptors (Lipinski definition) is 5. The second-order valence-corrected chi connectivity index (χ2v) is 8.65. The number of hydrogen-bond donors (Lipinski definition) is 0. The largest absolute Gasteiger partial charge is 0.343 e. The molecule has 2 heterocycles. The number of rotatable bonds is 7. The Morgan fingerprint density at radius 3 is 2.62 bits per heavy atom. The van der Waals surface area contributed by atoms with Gasteiger partial charge in [-0.1, -0.05) is 11.6 Å². The molecule has 1 aliphatic heterocycles. The highest BCUT2D eigenvalue weighted by atomic mass is 35.5. The maximum atomic E-state index is 13.9. The number of nitro benzene ring substituents is 1. The van der Waals surface area contributed by atoms with Gasteiger partial charge in [0.15, 0.2) is 4.80 Å². The van der Waals surface area contributed by atoms with Gasteiger partial charge in [0.1, 0.15) is 5.82 Å². The summed E-state index contributed by atoms with van der Waals surface area (Å²) >= 11 is 7.17. The van der Waals surface area contributed by atoms with Crippen LogP contribution in [0.4, 0.5) is 15.8 Å². The first-order valence-electron chi connectivity index (χ1n) is 10.1. The van der Waals surface area contributed by atoms with Gasteiger partial charge >= 0.3 is 0 Å². The standard InChI is InChI=1S/C22H20ClFN4O3S/c23-18-9-6-16(13-19(18)24)25-22-27(12-2-11-26-10-1-3-21(26)29)20(14-32-22)15-4-7-17(8-5-15)28(30)31/h4-9,13-14H,1-3,10-12H2. The summed E-state index contributed by atoms with van der Waals surface area (Å²) in [6, 6.07) is 10.7. The number of nitrogens with zero attached hydrogens (tertiary/aromatic N) is 4. The topological polar surface area (TPSA) is 80.7 Å². The Labute approximate surface area is 192 Å². The third-order valence-corrected chi connectivity index (χ3v) is 6.45. The molecule has 0 aliphatic carbocycles. The van der Waals surface area contributed by atoms with Crippen LogP contribution in [0, 0.1) is 15.9 Å². The summed E-state index contributed by atoms with van der Waals surface area (Å²) in [5.74, 6) is -0.364. The van der Waals surface area contributed by atoms with E-state index in [-0.39, 0.29) is 16.6 Å². The number of carbonyl (C=O) groups excluding carboxylic acids is 1. The van der Waals surface area contributed by atoms with Crippen molar-refractivity contribution < 1.29 is 14.1 Å². The average molecular weight is 475 g/mol. The minimum Gasteiger partial charge on any atom is -0.343 e. The summed E-state index contributed by atoms with van der Waals surface area (Å²) < 4.78 is 15.9. The van der Waals surface area contributed by atoms with Gasteiger partial charge in [-0.3, -0.25) is 14.9 Å². The number of halogens is 2. The van der Waals surface area contributed by atoms with E-state index in [0.717, 1.165) is 30.6 Å². The van der Waals surface area contributed by atoms with Gasteiger partial charge in [-0.25, -0.2) is 9.38 Å². The van der Waals surface area contributed by atoms with Crippen molar-refractivity contribution in [1.82, 2.24) is 9.47 Å². The molecule has 0 N–H and O–H groups in total. The highest BCUT2D eigenvalue weighted by Gasteiger charge is 2.19. The lowest BCUT2D eigenvalue weighted by molar-refractivity contribution is -0.384. The van der Waals surface area contributed by atoms with Crippen LogP contribution in [0.3, 0.4) is 0 Å². The summed E-state index contributed by atoms with van der Waals surface area (Å²) in [5, 5.41) is 12.9. The lowest BCUT2D eigenvalue weighted by Gasteiger charge is -2.16. The lowest BCUT2D eigenvalue weighted by Crippen LogP contribution is -2.27. The first kappa shape index (κ1) is 22.2. The highest BCUT2D eigenvalue weighted by Crippen LogP contribution is 2.25. The second-order valence-electron chi connectivity index (χ2n) is 7.41. The summed E-state index contributed by atoms with van der Waals surface area (Å²) in [4.78, 5) is 29.6. The van der Waals surface area contributed by atoms with Crippen LogP contribution >= 0.6 is 22.9 Å². The number of nitro groups is 1. The normalized spacial score (nSPS) is 14.4. The van der Waals surface area contributed by atoms with Gasteiger partial charge in [0.2, 0.25) is 5.91 Å². The summed E-state index contributed by atoms with van der Waals surface area (Å²) in [5.41, 5.74) is 2.12. The predicted molar refractivity (Wildman–Crippen MR) is 121 cm³/mol. The van der Waals surface area contributed by atoms with Gasteiger partial charge in [0, 0.05) is 49.6 Å². The van der Waals surface area contributed by atoms with Crippen LogP contribution in [0.25, 0.3) is 11.3 Å². The van der Waals surface area contributed by atoms with Gasteiger partial charge in [-0.15, -0.1) is 11.3 Å². The van der Waals surface area contributed by atoms with Crippen molar-refractivity contribution in [2.45, 2.75) is 25.8 Å². The number of aromatic nitrogens is 1. The molecule has 1 aromatic heterocycles. The zero-order valence-electron chi connectivity index (χ0n) is 17.0. The van der Waals surface area contributed by atoms with Crippen molar-refractivity contribution in [3.8, 4) is 11.3 Å². The van der Waals surface area contributed by atoms with Crippen LogP contribution in [0.1, 0.15) is 19.3 Å². The van der Waals surface area contributed by atoms with Crippen LogP contribution < -0.4 is 4.80 Å². The third-order valence-electron chi connectivity index (χ3n) is 5.28. The molecule has 1 amide bonds. The molecular weight excluding hydrogens is 455 g/mol. The molecule has 0 spiro atoms. The van der Waals surface area contributed by atoms with Crippen molar-refractivity contribution in [2.75, 3.05) is 13.1 Å². The molecule has 32 heavy (non-hydrogen) atoms. The fourth-order valence-corrected chi connectivity index (χ4v) is 4.72. The first-order chi connectivity index (χ1) is 15.4. The van der Waals surface area contributed by atoms with Crippen molar-refractivity contribution >= 4 is 40.2 Å². The molecular formula is C22H20ClFN4O3S. The second kappa shape index (κ2) is 9.62. The van der Waals surface area contributed by atoms with Gasteiger partial charge in [-0.05, 0) is 42.7 Å². The average Bonchev–Trinajstić information content (AvgIpc) is 3.37. The van der Waals surface area contributed by atoms with Gasteiger partial charge in [0.25, 0.3) is 5.69 Å². The van der Waals surface area contributed by atoms with Crippen LogP contribution in [-0.2, 0) is 11.3 Å². The van der Waals surface area contributed by atoms with E-state index in [4.69, 9.17) is 11.6 Å². The van der Waals surface area contributed by atoms with E-state index >= 15 is 0 Å². The van der Waals surface area contributed by atoms with Crippen LogP contribution in [0.5, 0.6) is 0 Å². The smallest absolute Gasteiger partial charge is 0.269 e. The summed E-state index contributed by atoms with van der Waals surface area (Å²) in [7, 11) is 0. The molecule has 2 aromatic carbocycles. The van der Waals surface area contributed by atoms with Crippen LogP contribution in [0.2, 0.25) is 5.02 Å². The van der Waals surface area contributed by atoms with E-state index in [1.807, 2.05) is 14.8 Å². The molecule has 0 saturated carbocycles. The lowest BCUT2D eigenvalue weighted by atomic mass is 10.1. The minimum atomic E-state index is -0.542. The number of thiazole rings is 1. The van der Waals surface area contributed by atoms with Crippen molar-refractivity contribution in [2.24, 2.45) is 4.99 Å². The van der Waals surface area contributed by atoms with E-state index in [1.165, 1.54) is 35.6 Å². The minimum absolute atomic E-state index is 0.0182. The maximum absolute atomic E-state index is 13.9. The first-order valence-corrected chi connectivity index (χ1v) is 11.4. The SMILES string of the molecule is O=C1CCCN1CCCn1c(-c2ccc([N+](=O)[O-])cc2)csc1=Nc1ccc(Cl)c(F)c1. The highest BCUT2D eigenvalue weighted by molar-refractivity contribution is 7.07. The van der Waals surface area contributed by atoms with E-state index in [2.05, 4.69) is 4.99 Å². The molecule has 1 aliphatic rings. The fourth-order valence-electron chi connectivity index (χ4n) is 3.64. The molecule has 4 rings (SSSR count). The quantitative estimate of drug-likeness (QED) is 0.350. The molecule has 0 radical (unpaired) electrons. The summed E-state index contributed by atoms with van der Waals surface area (Å²) in [6.45, 7) is 2.02. The Hall–Kier alpha value is -3.04. The predicted octanol–water partition coefficient (Wildman–Crippen LogP) is 5.16. The number of carbonyl (C=O) groups is 1. The Bertz CT molecular complexity index is 1220. The van der Waals surface area contributed by atoms with Gasteiger partial charge in [0.05, 0.1) is 21.3 Å². The monoisotopic (exact) mass is 474 g/mol. The molecule has 10 heteroatoms. The van der Waals surface area contributed by atoms with E-state index in [9.17, 15) is 19.3 Å². The number of likely N-dealkylation sites (tertiary alicyclic amines) is 1. The Morgan fingerprint density at radius 2 is 1.97 bits per heavy atom.